The summed E-state index contributed by atoms with van der Waals surface area (Å²) in [4.78, 5) is 20.0. The fourth-order valence-electron chi connectivity index (χ4n) is 1.94. The highest BCUT2D eigenvalue weighted by Gasteiger charge is 2.13. The van der Waals surface area contributed by atoms with Crippen LogP contribution < -0.4 is 5.32 Å². The number of rotatable bonds is 4. The Kier molecular flexibility index (Phi) is 4.05. The smallest absolute Gasteiger partial charge is 0.254 e. The molecule has 2 heterocycles. The Balaban J connectivity index is 1.67. The van der Waals surface area contributed by atoms with E-state index in [9.17, 15) is 13.6 Å². The highest BCUT2D eigenvalue weighted by atomic mass is 19.1. The second-order valence-corrected chi connectivity index (χ2v) is 4.65. The number of aromatic amines is 1. The van der Waals surface area contributed by atoms with Crippen molar-refractivity contribution in [3.63, 3.8) is 0 Å². The van der Waals surface area contributed by atoms with Gasteiger partial charge in [0.05, 0.1) is 12.1 Å². The normalized spacial score (nSPS) is 10.5. The number of carbonyl (C=O) groups is 1. The van der Waals surface area contributed by atoms with Crippen LogP contribution in [0.25, 0.3) is 11.4 Å². The summed E-state index contributed by atoms with van der Waals surface area (Å²) in [7, 11) is 0. The fourth-order valence-corrected chi connectivity index (χ4v) is 1.94. The predicted molar refractivity (Wildman–Crippen MR) is 77.1 cm³/mol. The van der Waals surface area contributed by atoms with E-state index in [1.54, 1.807) is 24.5 Å². The molecule has 3 rings (SSSR count). The van der Waals surface area contributed by atoms with Crippen LogP contribution in [0, 0.1) is 11.6 Å². The van der Waals surface area contributed by atoms with Crippen molar-refractivity contribution < 1.29 is 13.6 Å². The molecule has 0 unspecified atom stereocenters. The van der Waals surface area contributed by atoms with Crippen LogP contribution in [0.15, 0.2) is 42.7 Å². The van der Waals surface area contributed by atoms with Crippen LogP contribution in [0.4, 0.5) is 8.78 Å². The molecular weight excluding hydrogens is 304 g/mol. The lowest BCUT2D eigenvalue weighted by Gasteiger charge is -2.04. The molecular formula is C15H11F2N5O. The lowest BCUT2D eigenvalue weighted by Crippen LogP contribution is -2.24. The van der Waals surface area contributed by atoms with Crippen molar-refractivity contribution in [2.45, 2.75) is 6.54 Å². The zero-order chi connectivity index (χ0) is 16.2. The second-order valence-electron chi connectivity index (χ2n) is 4.65. The largest absolute Gasteiger partial charge is 0.345 e. The van der Waals surface area contributed by atoms with Gasteiger partial charge < -0.3 is 5.32 Å². The highest BCUT2D eigenvalue weighted by molar-refractivity contribution is 5.94. The molecule has 0 aliphatic heterocycles. The monoisotopic (exact) mass is 315 g/mol. The molecule has 0 radical (unpaired) electrons. The van der Waals surface area contributed by atoms with Gasteiger partial charge in [-0.15, -0.1) is 0 Å². The Labute approximate surface area is 129 Å². The van der Waals surface area contributed by atoms with E-state index in [1.807, 2.05) is 0 Å². The second kappa shape index (κ2) is 6.30. The SMILES string of the molecule is O=C(NCc1nc(-c2ccncc2)n[nH]1)c1ccc(F)cc1F. The number of hydrogen-bond acceptors (Lipinski definition) is 4. The molecule has 116 valence electrons. The van der Waals surface area contributed by atoms with Crippen LogP contribution in [0.1, 0.15) is 16.2 Å². The Bertz CT molecular complexity index is 835. The summed E-state index contributed by atoms with van der Waals surface area (Å²) in [5.41, 5.74) is 0.540. The molecule has 0 saturated carbocycles. The van der Waals surface area contributed by atoms with E-state index in [0.717, 1.165) is 17.7 Å². The van der Waals surface area contributed by atoms with Crippen molar-refractivity contribution in [2.75, 3.05) is 0 Å². The number of halogens is 2. The van der Waals surface area contributed by atoms with E-state index in [4.69, 9.17) is 0 Å². The summed E-state index contributed by atoms with van der Waals surface area (Å²) in [5.74, 6) is -1.45. The number of hydrogen-bond donors (Lipinski definition) is 2. The maximum Gasteiger partial charge on any atom is 0.254 e. The number of pyridine rings is 1. The Morgan fingerprint density at radius 1 is 1.17 bits per heavy atom. The molecule has 1 amide bonds. The van der Waals surface area contributed by atoms with Gasteiger partial charge in [0.15, 0.2) is 5.82 Å². The Hall–Kier alpha value is -3.16. The van der Waals surface area contributed by atoms with Crippen molar-refractivity contribution in [3.8, 4) is 11.4 Å². The van der Waals surface area contributed by atoms with Gasteiger partial charge in [-0.05, 0) is 24.3 Å². The number of amides is 1. The van der Waals surface area contributed by atoms with Gasteiger partial charge in [-0.1, -0.05) is 0 Å². The van der Waals surface area contributed by atoms with Crippen molar-refractivity contribution in [3.05, 3.63) is 65.7 Å². The maximum atomic E-state index is 13.5. The molecule has 0 fully saturated rings. The topological polar surface area (TPSA) is 83.6 Å². The van der Waals surface area contributed by atoms with Crippen LogP contribution in [0.3, 0.4) is 0 Å². The van der Waals surface area contributed by atoms with Crippen LogP contribution in [0.5, 0.6) is 0 Å². The average Bonchev–Trinajstić information content (AvgIpc) is 3.02. The Morgan fingerprint density at radius 2 is 1.96 bits per heavy atom. The van der Waals surface area contributed by atoms with Crippen molar-refractivity contribution in [1.29, 1.82) is 0 Å². The van der Waals surface area contributed by atoms with Gasteiger partial charge in [0, 0.05) is 24.0 Å². The van der Waals surface area contributed by atoms with Gasteiger partial charge in [-0.25, -0.2) is 13.8 Å². The third kappa shape index (κ3) is 3.37. The molecule has 0 bridgehead atoms. The summed E-state index contributed by atoms with van der Waals surface area (Å²) in [5, 5.41) is 9.21. The van der Waals surface area contributed by atoms with E-state index >= 15 is 0 Å². The molecule has 6 nitrogen and oxygen atoms in total. The molecule has 0 aliphatic carbocycles. The average molecular weight is 315 g/mol. The summed E-state index contributed by atoms with van der Waals surface area (Å²) in [6.45, 7) is 0.0354. The highest BCUT2D eigenvalue weighted by Crippen LogP contribution is 2.13. The number of nitrogens with zero attached hydrogens (tertiary/aromatic N) is 3. The molecule has 0 atom stereocenters. The van der Waals surface area contributed by atoms with Gasteiger partial charge in [0.1, 0.15) is 17.5 Å². The van der Waals surface area contributed by atoms with Crippen LogP contribution in [0.2, 0.25) is 0 Å². The van der Waals surface area contributed by atoms with Crippen molar-refractivity contribution >= 4 is 5.91 Å². The van der Waals surface area contributed by atoms with E-state index in [2.05, 4.69) is 25.5 Å². The number of carbonyl (C=O) groups excluding carboxylic acids is 1. The summed E-state index contributed by atoms with van der Waals surface area (Å²) >= 11 is 0. The molecule has 0 spiro atoms. The molecule has 3 aromatic rings. The lowest BCUT2D eigenvalue weighted by atomic mass is 10.2. The number of H-pyrrole nitrogens is 1. The summed E-state index contributed by atoms with van der Waals surface area (Å²) in [6, 6.07) is 6.26. The first-order valence-electron chi connectivity index (χ1n) is 6.68. The number of nitrogens with one attached hydrogen (secondary N) is 2. The molecule has 23 heavy (non-hydrogen) atoms. The zero-order valence-corrected chi connectivity index (χ0v) is 11.8. The molecule has 2 N–H and O–H groups in total. The fraction of sp³-hybridized carbons (Fsp3) is 0.0667. The summed E-state index contributed by atoms with van der Waals surface area (Å²) in [6.07, 6.45) is 3.23. The maximum absolute atomic E-state index is 13.5. The first-order valence-corrected chi connectivity index (χ1v) is 6.68. The predicted octanol–water partition coefficient (Wildman–Crippen LogP) is 2.07. The van der Waals surface area contributed by atoms with Crippen LogP contribution in [-0.2, 0) is 6.54 Å². The minimum absolute atomic E-state index is 0.0354. The quantitative estimate of drug-likeness (QED) is 0.772. The van der Waals surface area contributed by atoms with E-state index in [1.165, 1.54) is 0 Å². The zero-order valence-electron chi connectivity index (χ0n) is 11.8. The first kappa shape index (κ1) is 14.8. The van der Waals surface area contributed by atoms with Crippen LogP contribution in [-0.4, -0.2) is 26.1 Å². The van der Waals surface area contributed by atoms with Crippen LogP contribution >= 0.6 is 0 Å². The minimum atomic E-state index is -0.919. The van der Waals surface area contributed by atoms with Crippen molar-refractivity contribution in [1.82, 2.24) is 25.5 Å². The lowest BCUT2D eigenvalue weighted by molar-refractivity contribution is 0.0946. The Morgan fingerprint density at radius 3 is 2.70 bits per heavy atom. The summed E-state index contributed by atoms with van der Waals surface area (Å²) < 4.78 is 26.3. The third-order valence-corrected chi connectivity index (χ3v) is 3.06. The molecule has 0 saturated heterocycles. The first-order chi connectivity index (χ1) is 11.1. The molecule has 8 heteroatoms. The van der Waals surface area contributed by atoms with E-state index < -0.39 is 17.5 Å². The molecule has 1 aromatic carbocycles. The van der Waals surface area contributed by atoms with Gasteiger partial charge in [-0.2, -0.15) is 5.10 Å². The number of benzene rings is 1. The molecule has 0 aliphatic rings. The van der Waals surface area contributed by atoms with Crippen molar-refractivity contribution in [2.24, 2.45) is 0 Å². The van der Waals surface area contributed by atoms with Gasteiger partial charge in [0.2, 0.25) is 0 Å². The minimum Gasteiger partial charge on any atom is -0.345 e. The van der Waals surface area contributed by atoms with Gasteiger partial charge in [-0.3, -0.25) is 14.9 Å². The van der Waals surface area contributed by atoms with E-state index in [0.29, 0.717) is 17.7 Å². The molecule has 2 aromatic heterocycles. The van der Waals surface area contributed by atoms with E-state index in [-0.39, 0.29) is 12.1 Å². The van der Waals surface area contributed by atoms with Gasteiger partial charge in [0.25, 0.3) is 5.91 Å². The third-order valence-electron chi connectivity index (χ3n) is 3.06. The van der Waals surface area contributed by atoms with Gasteiger partial charge >= 0.3 is 0 Å². The number of aromatic nitrogens is 4. The standard InChI is InChI=1S/C15H11F2N5O/c16-10-1-2-11(12(17)7-10)15(23)19-8-13-20-14(22-21-13)9-3-5-18-6-4-9/h1-7H,8H2,(H,19,23)(H,20,21,22).